The summed E-state index contributed by atoms with van der Waals surface area (Å²) in [6.45, 7) is 12.3. The fourth-order valence-corrected chi connectivity index (χ4v) is 6.34. The van der Waals surface area contributed by atoms with E-state index in [9.17, 15) is 9.59 Å². The number of aliphatic imine (C=N–C) groups is 1. The predicted octanol–water partition coefficient (Wildman–Crippen LogP) is 3.83. The average Bonchev–Trinajstić information content (AvgIpc) is 3.57. The van der Waals surface area contributed by atoms with Gasteiger partial charge in [-0.15, -0.1) is 0 Å². The number of fused-ring (bicyclic) bond motifs is 3. The van der Waals surface area contributed by atoms with Crippen LogP contribution in [0, 0.1) is 17.8 Å². The summed E-state index contributed by atoms with van der Waals surface area (Å²) in [5.41, 5.74) is 3.41. The van der Waals surface area contributed by atoms with Crippen LogP contribution < -0.4 is 5.46 Å². The van der Waals surface area contributed by atoms with Gasteiger partial charge in [-0.25, -0.2) is 0 Å². The van der Waals surface area contributed by atoms with Crippen LogP contribution in [0.15, 0.2) is 23.2 Å². The number of piperidine rings is 1. The molecule has 1 aromatic rings. The molecule has 2 saturated heterocycles. The lowest BCUT2D eigenvalue weighted by Crippen LogP contribution is -2.52. The molecule has 3 heterocycles. The summed E-state index contributed by atoms with van der Waals surface area (Å²) < 4.78 is 17.4. The molecule has 8 heteroatoms. The van der Waals surface area contributed by atoms with Gasteiger partial charge in [0.25, 0.3) is 0 Å². The average molecular weight is 494 g/mol. The largest absolute Gasteiger partial charge is 0.494 e. The number of methoxy groups -OCH3 is 1. The monoisotopic (exact) mass is 494 g/mol. The van der Waals surface area contributed by atoms with Gasteiger partial charge in [0.1, 0.15) is 0 Å². The standard InChI is InChI=1S/C28H39BN2O5/c1-16(2)21(15-24(32)34-7)26(33)31-20-10-8-17(13-20)25(31)23-14-18-12-19(9-11-22(18)30-23)29-35-27(3,4)28(5,6)36-29/h9,11-12,16-17,20-21,25H,8,10,13-15H2,1-7H3. The second kappa shape index (κ2) is 8.98. The molecule has 3 aliphatic heterocycles. The molecule has 1 aliphatic carbocycles. The molecule has 7 nitrogen and oxygen atoms in total. The highest BCUT2D eigenvalue weighted by molar-refractivity contribution is 6.62. The summed E-state index contributed by atoms with van der Waals surface area (Å²) in [4.78, 5) is 33.1. The van der Waals surface area contributed by atoms with Crippen LogP contribution in [-0.4, -0.2) is 60.0 Å². The van der Waals surface area contributed by atoms with Crippen molar-refractivity contribution in [2.45, 2.75) is 96.9 Å². The molecule has 0 N–H and O–H groups in total. The van der Waals surface area contributed by atoms with E-state index in [0.29, 0.717) is 5.92 Å². The lowest BCUT2D eigenvalue weighted by molar-refractivity contribution is -0.149. The van der Waals surface area contributed by atoms with E-state index in [4.69, 9.17) is 19.0 Å². The van der Waals surface area contributed by atoms with E-state index in [1.807, 2.05) is 19.9 Å². The van der Waals surface area contributed by atoms with Crippen molar-refractivity contribution in [3.8, 4) is 0 Å². The van der Waals surface area contributed by atoms with Gasteiger partial charge in [0.05, 0.1) is 42.4 Å². The first-order valence-corrected chi connectivity index (χ1v) is 13.4. The molecule has 194 valence electrons. The zero-order chi connectivity index (χ0) is 26.0. The van der Waals surface area contributed by atoms with E-state index >= 15 is 0 Å². The van der Waals surface area contributed by atoms with Gasteiger partial charge < -0.3 is 18.9 Å². The highest BCUT2D eigenvalue weighted by Crippen LogP contribution is 2.46. The summed E-state index contributed by atoms with van der Waals surface area (Å²) in [7, 11) is 0.975. The third-order valence-electron chi connectivity index (χ3n) is 9.18. The van der Waals surface area contributed by atoms with Gasteiger partial charge in [-0.3, -0.25) is 14.6 Å². The second-order valence-electron chi connectivity index (χ2n) is 12.3. The summed E-state index contributed by atoms with van der Waals surface area (Å²) in [6, 6.07) is 6.49. The second-order valence-corrected chi connectivity index (χ2v) is 12.3. The number of esters is 1. The predicted molar refractivity (Wildman–Crippen MR) is 140 cm³/mol. The Morgan fingerprint density at radius 3 is 2.50 bits per heavy atom. The number of nitrogens with zero attached hydrogens (tertiary/aromatic N) is 2. The van der Waals surface area contributed by atoms with Crippen LogP contribution in [0.5, 0.6) is 0 Å². The molecule has 2 bridgehead atoms. The maximum Gasteiger partial charge on any atom is 0.494 e. The summed E-state index contributed by atoms with van der Waals surface area (Å²) in [5, 5.41) is 0. The molecule has 4 unspecified atom stereocenters. The third kappa shape index (κ3) is 4.20. The van der Waals surface area contributed by atoms with E-state index in [2.05, 4.69) is 44.7 Å². The normalized spacial score (nSPS) is 28.4. The molecule has 1 saturated carbocycles. The van der Waals surface area contributed by atoms with Crippen molar-refractivity contribution in [3.05, 3.63) is 23.8 Å². The Kier molecular flexibility index (Phi) is 6.35. The number of carbonyl (C=O) groups is 2. The number of benzene rings is 1. The third-order valence-corrected chi connectivity index (χ3v) is 9.18. The highest BCUT2D eigenvalue weighted by atomic mass is 16.7. The van der Waals surface area contributed by atoms with Gasteiger partial charge in [0, 0.05) is 18.2 Å². The molecule has 0 spiro atoms. The van der Waals surface area contributed by atoms with Crippen molar-refractivity contribution >= 4 is 35.9 Å². The topological polar surface area (TPSA) is 77.4 Å². The Hall–Kier alpha value is -2.19. The van der Waals surface area contributed by atoms with Crippen molar-refractivity contribution in [1.29, 1.82) is 0 Å². The maximum atomic E-state index is 13.8. The van der Waals surface area contributed by atoms with Crippen LogP contribution in [0.1, 0.15) is 72.8 Å². The molecule has 1 aromatic carbocycles. The van der Waals surface area contributed by atoms with Gasteiger partial charge in [0.2, 0.25) is 5.91 Å². The van der Waals surface area contributed by atoms with Crippen LogP contribution in [-0.2, 0) is 30.1 Å². The molecule has 4 atom stereocenters. The molecule has 36 heavy (non-hydrogen) atoms. The van der Waals surface area contributed by atoms with Gasteiger partial charge in [-0.2, -0.15) is 0 Å². The van der Waals surface area contributed by atoms with Gasteiger partial charge >= 0.3 is 13.1 Å². The van der Waals surface area contributed by atoms with Crippen molar-refractivity contribution < 1.29 is 23.6 Å². The first-order chi connectivity index (χ1) is 16.9. The van der Waals surface area contributed by atoms with Crippen molar-refractivity contribution in [3.63, 3.8) is 0 Å². The summed E-state index contributed by atoms with van der Waals surface area (Å²) in [6.07, 6.45) is 4.02. The quantitative estimate of drug-likeness (QED) is 0.444. The number of carbonyl (C=O) groups excluding carboxylic acids is 2. The summed E-state index contributed by atoms with van der Waals surface area (Å²) in [5.74, 6) is -0.145. The van der Waals surface area contributed by atoms with Crippen molar-refractivity contribution in [2.75, 3.05) is 7.11 Å². The Bertz CT molecular complexity index is 1080. The van der Waals surface area contributed by atoms with Gasteiger partial charge in [0.15, 0.2) is 0 Å². The van der Waals surface area contributed by atoms with Gasteiger partial charge in [-0.1, -0.05) is 26.0 Å². The number of rotatable bonds is 6. The van der Waals surface area contributed by atoms with E-state index in [0.717, 1.165) is 48.1 Å². The molecule has 5 rings (SSSR count). The zero-order valence-corrected chi connectivity index (χ0v) is 22.7. The molecular weight excluding hydrogens is 455 g/mol. The van der Waals surface area contributed by atoms with E-state index in [-0.39, 0.29) is 53.4 Å². The highest BCUT2D eigenvalue weighted by Gasteiger charge is 2.53. The van der Waals surface area contributed by atoms with Crippen molar-refractivity contribution in [1.82, 2.24) is 4.90 Å². The first-order valence-electron chi connectivity index (χ1n) is 13.4. The molecule has 0 aromatic heterocycles. The SMILES string of the molecule is COC(=O)CC(C(=O)N1C2CCC(C2)C1C1=Nc2ccc(B3OC(C)(C)C(C)(C)O3)cc2C1)C(C)C. The zero-order valence-electron chi connectivity index (χ0n) is 22.7. The lowest BCUT2D eigenvalue weighted by atomic mass is 9.78. The number of likely N-dealkylation sites (tertiary alicyclic amines) is 1. The number of hydrogen-bond acceptors (Lipinski definition) is 6. The van der Waals surface area contributed by atoms with Crippen LogP contribution in [0.3, 0.4) is 0 Å². The Labute approximate surface area is 215 Å². The van der Waals surface area contributed by atoms with Crippen LogP contribution >= 0.6 is 0 Å². The van der Waals surface area contributed by atoms with Crippen LogP contribution in [0.25, 0.3) is 0 Å². The molecular formula is C28H39BN2O5. The first kappa shape index (κ1) is 25.5. The number of hydrogen-bond donors (Lipinski definition) is 0. The Morgan fingerprint density at radius 2 is 1.86 bits per heavy atom. The molecule has 4 aliphatic rings. The maximum absolute atomic E-state index is 13.8. The molecule has 0 radical (unpaired) electrons. The van der Waals surface area contributed by atoms with E-state index in [1.165, 1.54) is 7.11 Å². The van der Waals surface area contributed by atoms with E-state index < -0.39 is 7.12 Å². The van der Waals surface area contributed by atoms with Crippen LogP contribution in [0.4, 0.5) is 5.69 Å². The number of amides is 1. The summed E-state index contributed by atoms with van der Waals surface area (Å²) >= 11 is 0. The Balaban J connectivity index is 1.37. The fraction of sp³-hybridized carbons (Fsp3) is 0.679. The van der Waals surface area contributed by atoms with Gasteiger partial charge in [-0.05, 0) is 75.9 Å². The van der Waals surface area contributed by atoms with Crippen LogP contribution in [0.2, 0.25) is 0 Å². The number of ether oxygens (including phenoxy) is 1. The molecule has 3 fully saturated rings. The minimum Gasteiger partial charge on any atom is -0.469 e. The smallest absolute Gasteiger partial charge is 0.469 e. The minimum atomic E-state index is -0.407. The van der Waals surface area contributed by atoms with E-state index in [1.54, 1.807) is 0 Å². The molecule has 1 amide bonds. The van der Waals surface area contributed by atoms with Crippen molar-refractivity contribution in [2.24, 2.45) is 22.7 Å². The fourth-order valence-electron chi connectivity index (χ4n) is 6.34. The Morgan fingerprint density at radius 1 is 1.17 bits per heavy atom. The minimum absolute atomic E-state index is 0.00263. The lowest BCUT2D eigenvalue weighted by Gasteiger charge is -2.38.